The number of carbonyl (C=O) groups excluding carboxylic acids is 1. The normalized spacial score (nSPS) is 10.3. The lowest BCUT2D eigenvalue weighted by Crippen LogP contribution is -2.14. The number of primary amides is 1. The van der Waals surface area contributed by atoms with E-state index in [0.29, 0.717) is 23.6 Å². The van der Waals surface area contributed by atoms with Crippen molar-refractivity contribution in [2.75, 3.05) is 11.1 Å². The van der Waals surface area contributed by atoms with Crippen LogP contribution in [0, 0.1) is 0 Å². The zero-order valence-electron chi connectivity index (χ0n) is 9.40. The van der Waals surface area contributed by atoms with Crippen molar-refractivity contribution in [3.05, 3.63) is 40.0 Å². The average molecular weight is 310 g/mol. The molecule has 6 N–H and O–H groups in total. The van der Waals surface area contributed by atoms with Crippen LogP contribution in [-0.2, 0) is 6.54 Å². The van der Waals surface area contributed by atoms with Crippen LogP contribution >= 0.6 is 15.9 Å². The first-order chi connectivity index (χ1) is 8.58. The third-order valence-corrected chi connectivity index (χ3v) is 2.96. The van der Waals surface area contributed by atoms with Crippen LogP contribution < -0.4 is 16.8 Å². The SMILES string of the molecule is NC(=O)c1cc(Br)ccc1NCc1cn[nH]c1N. The van der Waals surface area contributed by atoms with E-state index in [2.05, 4.69) is 31.4 Å². The molecule has 0 aliphatic carbocycles. The molecule has 0 saturated carbocycles. The van der Waals surface area contributed by atoms with E-state index in [4.69, 9.17) is 11.5 Å². The Balaban J connectivity index is 2.19. The second-order valence-corrected chi connectivity index (χ2v) is 4.63. The number of nitrogens with two attached hydrogens (primary N) is 2. The standard InChI is InChI=1S/C11H12BrN5O/c12-7-1-2-9(8(3-7)11(14)18)15-4-6-5-16-17-10(6)13/h1-3,5,15H,4H2,(H2,14,18)(H3,13,16,17). The first-order valence-electron chi connectivity index (χ1n) is 5.19. The maximum Gasteiger partial charge on any atom is 0.250 e. The Kier molecular flexibility index (Phi) is 3.52. The minimum atomic E-state index is -0.487. The molecule has 94 valence electrons. The highest BCUT2D eigenvalue weighted by Gasteiger charge is 2.09. The molecule has 0 saturated heterocycles. The number of hydrogen-bond acceptors (Lipinski definition) is 4. The number of hydrogen-bond donors (Lipinski definition) is 4. The van der Waals surface area contributed by atoms with Gasteiger partial charge < -0.3 is 16.8 Å². The summed E-state index contributed by atoms with van der Waals surface area (Å²) >= 11 is 3.30. The summed E-state index contributed by atoms with van der Waals surface area (Å²) in [6.45, 7) is 0.463. The van der Waals surface area contributed by atoms with E-state index in [1.54, 1.807) is 18.3 Å². The smallest absolute Gasteiger partial charge is 0.250 e. The van der Waals surface area contributed by atoms with E-state index in [-0.39, 0.29) is 0 Å². The van der Waals surface area contributed by atoms with Gasteiger partial charge in [0, 0.05) is 22.3 Å². The highest BCUT2D eigenvalue weighted by atomic mass is 79.9. The van der Waals surface area contributed by atoms with Gasteiger partial charge in [-0.1, -0.05) is 15.9 Å². The lowest BCUT2D eigenvalue weighted by atomic mass is 10.1. The molecule has 0 atom stereocenters. The second-order valence-electron chi connectivity index (χ2n) is 3.72. The summed E-state index contributed by atoms with van der Waals surface area (Å²) in [4.78, 5) is 11.3. The Bertz CT molecular complexity index is 581. The van der Waals surface area contributed by atoms with Crippen LogP contribution in [0.25, 0.3) is 0 Å². The van der Waals surface area contributed by atoms with E-state index >= 15 is 0 Å². The second kappa shape index (κ2) is 5.09. The molecule has 0 aliphatic heterocycles. The fourth-order valence-electron chi connectivity index (χ4n) is 1.53. The number of H-pyrrole nitrogens is 1. The lowest BCUT2D eigenvalue weighted by Gasteiger charge is -2.10. The quantitative estimate of drug-likeness (QED) is 0.685. The van der Waals surface area contributed by atoms with Gasteiger partial charge in [0.05, 0.1) is 11.8 Å². The van der Waals surface area contributed by atoms with Gasteiger partial charge in [0.1, 0.15) is 5.82 Å². The number of aromatic nitrogens is 2. The van der Waals surface area contributed by atoms with Crippen molar-refractivity contribution < 1.29 is 4.79 Å². The molecule has 7 heteroatoms. The molecule has 0 unspecified atom stereocenters. The summed E-state index contributed by atoms with van der Waals surface area (Å²) in [6.07, 6.45) is 1.63. The Morgan fingerprint density at radius 1 is 1.50 bits per heavy atom. The van der Waals surface area contributed by atoms with Crippen LogP contribution in [0.2, 0.25) is 0 Å². The topological polar surface area (TPSA) is 110 Å². The minimum absolute atomic E-state index is 0.423. The maximum absolute atomic E-state index is 11.3. The zero-order chi connectivity index (χ0) is 13.1. The van der Waals surface area contributed by atoms with Crippen molar-refractivity contribution in [1.29, 1.82) is 0 Å². The van der Waals surface area contributed by atoms with Gasteiger partial charge in [-0.15, -0.1) is 0 Å². The summed E-state index contributed by atoms with van der Waals surface area (Å²) in [7, 11) is 0. The Morgan fingerprint density at radius 3 is 2.89 bits per heavy atom. The van der Waals surface area contributed by atoms with Gasteiger partial charge in [-0.25, -0.2) is 0 Å². The number of anilines is 2. The van der Waals surface area contributed by atoms with Crippen LogP contribution in [-0.4, -0.2) is 16.1 Å². The molecule has 18 heavy (non-hydrogen) atoms. The fraction of sp³-hybridized carbons (Fsp3) is 0.0909. The van der Waals surface area contributed by atoms with Gasteiger partial charge >= 0.3 is 0 Å². The Morgan fingerprint density at radius 2 is 2.28 bits per heavy atom. The number of aromatic amines is 1. The van der Waals surface area contributed by atoms with Crippen LogP contribution in [0.15, 0.2) is 28.9 Å². The molecule has 0 aliphatic rings. The predicted molar refractivity (Wildman–Crippen MR) is 73.0 cm³/mol. The van der Waals surface area contributed by atoms with E-state index < -0.39 is 5.91 Å². The molecular formula is C11H12BrN5O. The number of carbonyl (C=O) groups is 1. The number of nitrogens with zero attached hydrogens (tertiary/aromatic N) is 1. The monoisotopic (exact) mass is 309 g/mol. The van der Waals surface area contributed by atoms with Crippen molar-refractivity contribution >= 4 is 33.3 Å². The van der Waals surface area contributed by atoms with Gasteiger partial charge in [0.2, 0.25) is 0 Å². The van der Waals surface area contributed by atoms with Gasteiger partial charge in [-0.05, 0) is 18.2 Å². The zero-order valence-corrected chi connectivity index (χ0v) is 11.0. The van der Waals surface area contributed by atoms with Crippen molar-refractivity contribution in [2.45, 2.75) is 6.54 Å². The maximum atomic E-state index is 11.3. The number of benzene rings is 1. The Hall–Kier alpha value is -2.02. The number of nitrogens with one attached hydrogen (secondary N) is 2. The highest BCUT2D eigenvalue weighted by Crippen LogP contribution is 2.21. The third kappa shape index (κ3) is 2.62. The average Bonchev–Trinajstić information content (AvgIpc) is 2.73. The lowest BCUT2D eigenvalue weighted by molar-refractivity contribution is 0.100. The Labute approximate surface area is 112 Å². The van der Waals surface area contributed by atoms with E-state index in [9.17, 15) is 4.79 Å². The van der Waals surface area contributed by atoms with Gasteiger partial charge in [0.25, 0.3) is 5.91 Å². The molecule has 6 nitrogen and oxygen atoms in total. The molecule has 1 heterocycles. The number of rotatable bonds is 4. The van der Waals surface area contributed by atoms with Gasteiger partial charge in [-0.2, -0.15) is 5.10 Å². The number of nitrogen functional groups attached to an aromatic ring is 1. The molecule has 1 amide bonds. The summed E-state index contributed by atoms with van der Waals surface area (Å²) in [6, 6.07) is 5.28. The first kappa shape index (κ1) is 12.4. The summed E-state index contributed by atoms with van der Waals surface area (Å²) in [5.74, 6) is 0.0132. The molecular weight excluding hydrogens is 298 g/mol. The van der Waals surface area contributed by atoms with E-state index in [1.165, 1.54) is 0 Å². The molecule has 1 aromatic carbocycles. The molecule has 2 aromatic rings. The fourth-order valence-corrected chi connectivity index (χ4v) is 1.89. The molecule has 0 fully saturated rings. The summed E-state index contributed by atoms with van der Waals surface area (Å²) in [5.41, 5.74) is 12.9. The molecule has 1 aromatic heterocycles. The van der Waals surface area contributed by atoms with E-state index in [1.807, 2.05) is 6.07 Å². The van der Waals surface area contributed by atoms with Crippen molar-refractivity contribution in [2.24, 2.45) is 5.73 Å². The number of halogens is 1. The number of amides is 1. The minimum Gasteiger partial charge on any atom is -0.384 e. The van der Waals surface area contributed by atoms with E-state index in [0.717, 1.165) is 10.0 Å². The van der Waals surface area contributed by atoms with Crippen molar-refractivity contribution in [1.82, 2.24) is 10.2 Å². The first-order valence-corrected chi connectivity index (χ1v) is 5.98. The summed E-state index contributed by atoms with van der Waals surface area (Å²) in [5, 5.41) is 9.56. The molecule has 0 radical (unpaired) electrons. The van der Waals surface area contributed by atoms with Crippen LogP contribution in [0.3, 0.4) is 0 Å². The van der Waals surface area contributed by atoms with Gasteiger partial charge in [-0.3, -0.25) is 9.89 Å². The largest absolute Gasteiger partial charge is 0.384 e. The van der Waals surface area contributed by atoms with Crippen LogP contribution in [0.5, 0.6) is 0 Å². The highest BCUT2D eigenvalue weighted by molar-refractivity contribution is 9.10. The van der Waals surface area contributed by atoms with Crippen molar-refractivity contribution in [3.8, 4) is 0 Å². The summed E-state index contributed by atoms with van der Waals surface area (Å²) < 4.78 is 0.796. The third-order valence-electron chi connectivity index (χ3n) is 2.47. The molecule has 0 bridgehead atoms. The predicted octanol–water partition coefficient (Wildman–Crippen LogP) is 1.47. The molecule has 0 spiro atoms. The molecule has 2 rings (SSSR count). The van der Waals surface area contributed by atoms with Gasteiger partial charge in [0.15, 0.2) is 0 Å². The van der Waals surface area contributed by atoms with Crippen LogP contribution in [0.4, 0.5) is 11.5 Å². The van der Waals surface area contributed by atoms with Crippen molar-refractivity contribution in [3.63, 3.8) is 0 Å². The van der Waals surface area contributed by atoms with Crippen LogP contribution in [0.1, 0.15) is 15.9 Å².